The molecule has 0 aliphatic rings. The highest BCUT2D eigenvalue weighted by atomic mass is 16.4. The van der Waals surface area contributed by atoms with E-state index in [2.05, 4.69) is 10.3 Å². The maximum atomic E-state index is 10.7. The first kappa shape index (κ1) is 18.8. The molecule has 0 aliphatic carbocycles. The quantitative estimate of drug-likeness (QED) is 0.565. The number of carboxylic acid groups (broad SMARTS) is 1. The van der Waals surface area contributed by atoms with Crippen molar-refractivity contribution in [3.8, 4) is 11.3 Å². The van der Waals surface area contributed by atoms with E-state index in [4.69, 9.17) is 10.1 Å². The maximum absolute atomic E-state index is 10.7. The van der Waals surface area contributed by atoms with Crippen molar-refractivity contribution in [2.24, 2.45) is 5.92 Å². The minimum atomic E-state index is -0.800. The lowest BCUT2D eigenvalue weighted by Gasteiger charge is -2.21. The molecule has 0 saturated heterocycles. The van der Waals surface area contributed by atoms with Gasteiger partial charge in [0.2, 0.25) is 0 Å². The molecule has 2 aromatic heterocycles. The van der Waals surface area contributed by atoms with Crippen molar-refractivity contribution in [1.29, 1.82) is 0 Å². The molecule has 3 aromatic rings. The molecular formula is C20H24N4O3. The highest BCUT2D eigenvalue weighted by Gasteiger charge is 2.16. The summed E-state index contributed by atoms with van der Waals surface area (Å²) >= 11 is 0. The summed E-state index contributed by atoms with van der Waals surface area (Å²) < 4.78 is 1.90. The van der Waals surface area contributed by atoms with Gasteiger partial charge in [-0.25, -0.2) is 9.97 Å². The molecule has 142 valence electrons. The SMILES string of the molecule is CC(C)[C@H](CO)Nc1nc(-c2ccc(CCC(=O)O)cc2)cn2ccnc12. The molecule has 3 rings (SSSR count). The number of carbonyl (C=O) groups is 1. The van der Waals surface area contributed by atoms with E-state index < -0.39 is 5.97 Å². The van der Waals surface area contributed by atoms with Crippen LogP contribution < -0.4 is 5.32 Å². The number of nitrogens with zero attached hydrogens (tertiary/aromatic N) is 3. The van der Waals surface area contributed by atoms with Gasteiger partial charge in [0, 0.05) is 30.6 Å². The molecule has 7 nitrogen and oxygen atoms in total. The second-order valence-electron chi connectivity index (χ2n) is 6.90. The van der Waals surface area contributed by atoms with Crippen molar-refractivity contribution in [2.75, 3.05) is 11.9 Å². The normalized spacial score (nSPS) is 12.4. The zero-order valence-electron chi connectivity index (χ0n) is 15.5. The highest BCUT2D eigenvalue weighted by molar-refractivity contribution is 5.70. The Morgan fingerprint density at radius 3 is 2.63 bits per heavy atom. The summed E-state index contributed by atoms with van der Waals surface area (Å²) in [5.74, 6) is 0.0646. The standard InChI is InChI=1S/C20H24N4O3/c1-13(2)17(12-25)23-19-20-21-9-10-24(20)11-16(22-19)15-6-3-14(4-7-15)5-8-18(26)27/h3-4,6-7,9-11,13,17,25H,5,8,12H2,1-2H3,(H,22,23)(H,26,27)/t17-/m0/s1. The molecule has 1 atom stereocenters. The average Bonchev–Trinajstić information content (AvgIpc) is 3.13. The number of carboxylic acids is 1. The van der Waals surface area contributed by atoms with Crippen molar-refractivity contribution in [3.05, 3.63) is 48.4 Å². The van der Waals surface area contributed by atoms with Gasteiger partial charge in [0.25, 0.3) is 0 Å². The zero-order chi connectivity index (χ0) is 19.4. The third kappa shape index (κ3) is 4.43. The van der Waals surface area contributed by atoms with E-state index in [9.17, 15) is 9.90 Å². The number of nitrogens with one attached hydrogen (secondary N) is 1. The van der Waals surface area contributed by atoms with Gasteiger partial charge in [0.1, 0.15) is 0 Å². The van der Waals surface area contributed by atoms with Crippen LogP contribution in [0.1, 0.15) is 25.8 Å². The van der Waals surface area contributed by atoms with Crippen LogP contribution in [0, 0.1) is 5.92 Å². The fourth-order valence-electron chi connectivity index (χ4n) is 2.86. The molecule has 0 bridgehead atoms. The average molecular weight is 368 g/mol. The Hall–Kier alpha value is -2.93. The first-order chi connectivity index (χ1) is 13.0. The fraction of sp³-hybridized carbons (Fsp3) is 0.350. The van der Waals surface area contributed by atoms with E-state index in [1.807, 2.05) is 54.9 Å². The van der Waals surface area contributed by atoms with Crippen LogP contribution in [0.2, 0.25) is 0 Å². The first-order valence-corrected chi connectivity index (χ1v) is 9.00. The van der Waals surface area contributed by atoms with E-state index in [1.165, 1.54) is 0 Å². The summed E-state index contributed by atoms with van der Waals surface area (Å²) in [5, 5.41) is 21.7. The number of aliphatic hydroxyl groups is 1. The topological polar surface area (TPSA) is 99.8 Å². The number of rotatable bonds is 8. The molecule has 2 heterocycles. The molecule has 0 amide bonds. The lowest BCUT2D eigenvalue weighted by Crippen LogP contribution is -2.30. The van der Waals surface area contributed by atoms with Crippen molar-refractivity contribution in [3.63, 3.8) is 0 Å². The highest BCUT2D eigenvalue weighted by Crippen LogP contribution is 2.24. The molecule has 0 unspecified atom stereocenters. The Morgan fingerprint density at radius 2 is 2.00 bits per heavy atom. The summed E-state index contributed by atoms with van der Waals surface area (Å²) in [4.78, 5) is 19.8. The van der Waals surface area contributed by atoms with Crippen LogP contribution >= 0.6 is 0 Å². The van der Waals surface area contributed by atoms with Crippen LogP contribution in [0.15, 0.2) is 42.9 Å². The van der Waals surface area contributed by atoms with Gasteiger partial charge >= 0.3 is 5.97 Å². The van der Waals surface area contributed by atoms with Crippen LogP contribution in [-0.2, 0) is 11.2 Å². The van der Waals surface area contributed by atoms with Gasteiger partial charge in [0.15, 0.2) is 11.5 Å². The van der Waals surface area contributed by atoms with Gasteiger partial charge in [0.05, 0.1) is 18.3 Å². The molecular weight excluding hydrogens is 344 g/mol. The summed E-state index contributed by atoms with van der Waals surface area (Å²) in [7, 11) is 0. The number of hydrogen-bond donors (Lipinski definition) is 3. The van der Waals surface area contributed by atoms with E-state index in [0.29, 0.717) is 17.9 Å². The van der Waals surface area contributed by atoms with E-state index >= 15 is 0 Å². The monoisotopic (exact) mass is 368 g/mol. The van der Waals surface area contributed by atoms with Gasteiger partial charge in [-0.2, -0.15) is 0 Å². The number of aliphatic hydroxyl groups excluding tert-OH is 1. The van der Waals surface area contributed by atoms with E-state index in [1.54, 1.807) is 6.20 Å². The zero-order valence-corrected chi connectivity index (χ0v) is 15.5. The second-order valence-corrected chi connectivity index (χ2v) is 6.90. The Kier molecular flexibility index (Phi) is 5.71. The molecule has 7 heteroatoms. The van der Waals surface area contributed by atoms with Gasteiger partial charge in [-0.05, 0) is 17.9 Å². The Morgan fingerprint density at radius 1 is 1.26 bits per heavy atom. The minimum Gasteiger partial charge on any atom is -0.481 e. The second kappa shape index (κ2) is 8.18. The lowest BCUT2D eigenvalue weighted by molar-refractivity contribution is -0.136. The molecule has 0 aliphatic heterocycles. The van der Waals surface area contributed by atoms with Crippen LogP contribution in [0.25, 0.3) is 16.9 Å². The molecule has 0 radical (unpaired) electrons. The summed E-state index contributed by atoms with van der Waals surface area (Å²) in [6.45, 7) is 4.08. The number of anilines is 1. The van der Waals surface area contributed by atoms with E-state index in [0.717, 1.165) is 16.8 Å². The van der Waals surface area contributed by atoms with Gasteiger partial charge in [-0.1, -0.05) is 38.1 Å². The number of aryl methyl sites for hydroxylation is 1. The summed E-state index contributed by atoms with van der Waals surface area (Å²) in [6.07, 6.45) is 6.09. The lowest BCUT2D eigenvalue weighted by atomic mass is 10.1. The Labute approximate surface area is 157 Å². The molecule has 0 fully saturated rings. The molecule has 3 N–H and O–H groups in total. The molecule has 1 aromatic carbocycles. The van der Waals surface area contributed by atoms with Crippen LogP contribution in [0.5, 0.6) is 0 Å². The maximum Gasteiger partial charge on any atom is 0.303 e. The van der Waals surface area contributed by atoms with E-state index in [-0.39, 0.29) is 25.0 Å². The van der Waals surface area contributed by atoms with Gasteiger partial charge < -0.3 is 19.9 Å². The van der Waals surface area contributed by atoms with Crippen LogP contribution in [-0.4, -0.2) is 43.2 Å². The number of fused-ring (bicyclic) bond motifs is 1. The van der Waals surface area contributed by atoms with Crippen molar-refractivity contribution >= 4 is 17.4 Å². The largest absolute Gasteiger partial charge is 0.481 e. The predicted molar refractivity (Wildman–Crippen MR) is 104 cm³/mol. The third-order valence-corrected chi connectivity index (χ3v) is 4.57. The van der Waals surface area contributed by atoms with Crippen molar-refractivity contribution < 1.29 is 15.0 Å². The van der Waals surface area contributed by atoms with Gasteiger partial charge in [-0.15, -0.1) is 0 Å². The first-order valence-electron chi connectivity index (χ1n) is 9.00. The van der Waals surface area contributed by atoms with Crippen molar-refractivity contribution in [1.82, 2.24) is 14.4 Å². The van der Waals surface area contributed by atoms with Crippen LogP contribution in [0.3, 0.4) is 0 Å². The molecule has 0 saturated carbocycles. The summed E-state index contributed by atoms with van der Waals surface area (Å²) in [6, 6.07) is 7.62. The third-order valence-electron chi connectivity index (χ3n) is 4.57. The van der Waals surface area contributed by atoms with Crippen molar-refractivity contribution in [2.45, 2.75) is 32.7 Å². The molecule has 27 heavy (non-hydrogen) atoms. The smallest absolute Gasteiger partial charge is 0.303 e. The molecule has 0 spiro atoms. The number of hydrogen-bond acceptors (Lipinski definition) is 5. The summed E-state index contributed by atoms with van der Waals surface area (Å²) in [5.41, 5.74) is 3.38. The number of benzene rings is 1. The number of imidazole rings is 1. The van der Waals surface area contributed by atoms with Gasteiger partial charge in [-0.3, -0.25) is 4.79 Å². The number of aliphatic carboxylic acids is 1. The minimum absolute atomic E-state index is 0.00865. The Balaban J connectivity index is 1.91. The number of aromatic nitrogens is 3. The predicted octanol–water partition coefficient (Wildman–Crippen LogP) is 2.84. The Bertz CT molecular complexity index is 919. The fourth-order valence-corrected chi connectivity index (χ4v) is 2.86. The van der Waals surface area contributed by atoms with Crippen LogP contribution in [0.4, 0.5) is 5.82 Å².